The summed E-state index contributed by atoms with van der Waals surface area (Å²) < 4.78 is 13.3. The number of nitrogens with one attached hydrogen (secondary N) is 2. The van der Waals surface area contributed by atoms with Crippen LogP contribution in [0.5, 0.6) is 0 Å². The maximum atomic E-state index is 12.9. The lowest BCUT2D eigenvalue weighted by Gasteiger charge is -2.10. The van der Waals surface area contributed by atoms with E-state index in [-0.39, 0.29) is 5.91 Å². The molecule has 0 radical (unpaired) electrons. The van der Waals surface area contributed by atoms with Gasteiger partial charge in [0.05, 0.1) is 29.5 Å². The number of benzene rings is 1. The Morgan fingerprint density at radius 3 is 3.16 bits per heavy atom. The zero-order chi connectivity index (χ0) is 17.4. The minimum atomic E-state index is -0.222. The van der Waals surface area contributed by atoms with Gasteiger partial charge in [-0.15, -0.1) is 0 Å². The first-order valence-electron chi connectivity index (χ1n) is 7.68. The molecule has 0 aliphatic heterocycles. The van der Waals surface area contributed by atoms with Gasteiger partial charge in [-0.25, -0.2) is 0 Å². The molecule has 4 rings (SSSR count). The number of anilines is 1. The second-order valence-corrected chi connectivity index (χ2v) is 6.35. The van der Waals surface area contributed by atoms with Crippen LogP contribution in [0.15, 0.2) is 45.6 Å². The highest BCUT2D eigenvalue weighted by Gasteiger charge is 2.19. The number of hydrogen-bond donors (Lipinski definition) is 2. The number of aromatic amines is 1. The molecule has 0 aliphatic rings. The van der Waals surface area contributed by atoms with Crippen molar-refractivity contribution in [1.29, 1.82) is 0 Å². The molecule has 0 aliphatic carbocycles. The van der Waals surface area contributed by atoms with Crippen molar-refractivity contribution < 1.29 is 13.9 Å². The number of carbonyl (C=O) groups excluding carboxylic acids is 1. The molecule has 0 spiro atoms. The van der Waals surface area contributed by atoms with Crippen LogP contribution in [0.2, 0.25) is 0 Å². The molecule has 2 N–H and O–H groups in total. The number of hydrogen-bond acceptors (Lipinski definition) is 4. The van der Waals surface area contributed by atoms with Crippen molar-refractivity contribution in [3.05, 3.63) is 46.9 Å². The number of fused-ring (bicyclic) bond motifs is 2. The molecule has 128 valence electrons. The number of para-hydroxylation sites is 1. The van der Waals surface area contributed by atoms with Gasteiger partial charge in [-0.3, -0.25) is 9.89 Å². The number of amides is 1. The largest absolute Gasteiger partial charge is 0.448 e. The van der Waals surface area contributed by atoms with Crippen LogP contribution in [0.1, 0.15) is 10.5 Å². The van der Waals surface area contributed by atoms with Gasteiger partial charge in [-0.05, 0) is 22.0 Å². The fraction of sp³-hybridized carbons (Fsp3) is 0.176. The van der Waals surface area contributed by atoms with Gasteiger partial charge < -0.3 is 19.0 Å². The minimum Gasteiger partial charge on any atom is -0.448 e. The number of methoxy groups -OCH3 is 1. The maximum Gasteiger partial charge on any atom is 0.272 e. The average Bonchev–Trinajstić information content (AvgIpc) is 3.27. The Hall–Kier alpha value is -2.58. The number of carbonyl (C=O) groups is 1. The zero-order valence-electron chi connectivity index (χ0n) is 13.4. The van der Waals surface area contributed by atoms with Crippen LogP contribution in [0, 0.1) is 0 Å². The molecule has 0 atom stereocenters. The molecule has 3 heterocycles. The van der Waals surface area contributed by atoms with E-state index in [0.29, 0.717) is 34.8 Å². The third kappa shape index (κ3) is 2.83. The molecule has 0 saturated heterocycles. The highest BCUT2D eigenvalue weighted by Crippen LogP contribution is 2.28. The van der Waals surface area contributed by atoms with Crippen molar-refractivity contribution in [3.63, 3.8) is 0 Å². The van der Waals surface area contributed by atoms with Crippen LogP contribution >= 0.6 is 15.9 Å². The first-order chi connectivity index (χ1) is 12.2. The van der Waals surface area contributed by atoms with Gasteiger partial charge in [-0.1, -0.05) is 12.1 Å². The van der Waals surface area contributed by atoms with Crippen molar-refractivity contribution >= 4 is 49.5 Å². The van der Waals surface area contributed by atoms with Gasteiger partial charge in [-0.2, -0.15) is 5.10 Å². The fourth-order valence-corrected chi connectivity index (χ4v) is 3.27. The summed E-state index contributed by atoms with van der Waals surface area (Å²) in [5.74, 6) is -0.222. The fourth-order valence-electron chi connectivity index (χ4n) is 2.88. The molecule has 0 bridgehead atoms. The molecule has 4 aromatic rings. The molecular formula is C17H15BrN4O3. The Morgan fingerprint density at radius 2 is 2.32 bits per heavy atom. The SMILES string of the molecule is COCCn1c(C(=O)Nc2cccc3cn[nH]c23)cc2oc(Br)cc21. The van der Waals surface area contributed by atoms with E-state index in [2.05, 4.69) is 31.4 Å². The summed E-state index contributed by atoms with van der Waals surface area (Å²) in [6.07, 6.45) is 1.72. The van der Waals surface area contributed by atoms with Crippen LogP contribution in [0.4, 0.5) is 5.69 Å². The van der Waals surface area contributed by atoms with Crippen LogP contribution in [0.3, 0.4) is 0 Å². The monoisotopic (exact) mass is 402 g/mol. The number of H-pyrrole nitrogens is 1. The second-order valence-electron chi connectivity index (χ2n) is 5.57. The Kier molecular flexibility index (Phi) is 4.06. The summed E-state index contributed by atoms with van der Waals surface area (Å²) in [6.45, 7) is 1.03. The molecular weight excluding hydrogens is 388 g/mol. The summed E-state index contributed by atoms with van der Waals surface area (Å²) in [5, 5.41) is 10.8. The van der Waals surface area contributed by atoms with E-state index in [0.717, 1.165) is 16.4 Å². The van der Waals surface area contributed by atoms with E-state index >= 15 is 0 Å². The summed E-state index contributed by atoms with van der Waals surface area (Å²) >= 11 is 3.32. The van der Waals surface area contributed by atoms with E-state index < -0.39 is 0 Å². The predicted molar refractivity (Wildman–Crippen MR) is 97.8 cm³/mol. The van der Waals surface area contributed by atoms with E-state index in [1.54, 1.807) is 19.4 Å². The molecule has 1 aromatic carbocycles. The summed E-state index contributed by atoms with van der Waals surface area (Å²) in [6, 6.07) is 9.22. The zero-order valence-corrected chi connectivity index (χ0v) is 15.0. The van der Waals surface area contributed by atoms with Gasteiger partial charge in [0.25, 0.3) is 5.91 Å². The van der Waals surface area contributed by atoms with E-state index in [1.807, 2.05) is 28.8 Å². The minimum absolute atomic E-state index is 0.222. The van der Waals surface area contributed by atoms with Crippen molar-refractivity contribution in [2.24, 2.45) is 0 Å². The Labute approximate surface area is 151 Å². The topological polar surface area (TPSA) is 85.1 Å². The second kappa shape index (κ2) is 6.38. The van der Waals surface area contributed by atoms with Gasteiger partial charge in [0, 0.05) is 31.2 Å². The third-order valence-corrected chi connectivity index (χ3v) is 4.43. The molecule has 1 amide bonds. The molecule has 0 unspecified atom stereocenters. The normalized spacial score (nSPS) is 11.4. The number of rotatable bonds is 5. The van der Waals surface area contributed by atoms with Gasteiger partial charge in [0.2, 0.25) is 0 Å². The first kappa shape index (κ1) is 15.9. The lowest BCUT2D eigenvalue weighted by atomic mass is 10.2. The molecule has 8 heteroatoms. The van der Waals surface area contributed by atoms with Gasteiger partial charge in [0.1, 0.15) is 5.69 Å². The molecule has 7 nitrogen and oxygen atoms in total. The van der Waals surface area contributed by atoms with Crippen LogP contribution < -0.4 is 5.32 Å². The molecule has 0 saturated carbocycles. The highest BCUT2D eigenvalue weighted by molar-refractivity contribution is 9.10. The molecule has 25 heavy (non-hydrogen) atoms. The third-order valence-electron chi connectivity index (χ3n) is 4.04. The van der Waals surface area contributed by atoms with Crippen LogP contribution in [-0.4, -0.2) is 34.4 Å². The summed E-state index contributed by atoms with van der Waals surface area (Å²) in [4.78, 5) is 12.9. The lowest BCUT2D eigenvalue weighted by molar-refractivity contribution is 0.101. The number of nitrogens with zero attached hydrogens (tertiary/aromatic N) is 2. The average molecular weight is 403 g/mol. The summed E-state index contributed by atoms with van der Waals surface area (Å²) in [7, 11) is 1.63. The van der Waals surface area contributed by atoms with E-state index in [4.69, 9.17) is 9.15 Å². The molecule has 3 aromatic heterocycles. The van der Waals surface area contributed by atoms with Crippen LogP contribution in [0.25, 0.3) is 22.0 Å². The van der Waals surface area contributed by atoms with Crippen molar-refractivity contribution in [3.8, 4) is 0 Å². The first-order valence-corrected chi connectivity index (χ1v) is 8.47. The van der Waals surface area contributed by atoms with Crippen molar-refractivity contribution in [2.75, 3.05) is 19.0 Å². The Balaban J connectivity index is 1.71. The van der Waals surface area contributed by atoms with Gasteiger partial charge in [0.15, 0.2) is 10.3 Å². The van der Waals surface area contributed by atoms with E-state index in [9.17, 15) is 4.79 Å². The van der Waals surface area contributed by atoms with Crippen molar-refractivity contribution in [1.82, 2.24) is 14.8 Å². The van der Waals surface area contributed by atoms with Crippen molar-refractivity contribution in [2.45, 2.75) is 6.54 Å². The standard InChI is InChI=1S/C17H15BrN4O3/c1-24-6-5-22-12-8-15(18)25-14(12)7-13(22)17(23)20-11-4-2-3-10-9-19-21-16(10)11/h2-4,7-9H,5-6H2,1H3,(H,19,21)(H,20,23). The lowest BCUT2D eigenvalue weighted by Crippen LogP contribution is -2.18. The highest BCUT2D eigenvalue weighted by atomic mass is 79.9. The molecule has 0 fully saturated rings. The quantitative estimate of drug-likeness (QED) is 0.531. The van der Waals surface area contributed by atoms with Crippen LogP contribution in [-0.2, 0) is 11.3 Å². The smallest absolute Gasteiger partial charge is 0.272 e. The predicted octanol–water partition coefficient (Wildman–Crippen LogP) is 3.77. The van der Waals surface area contributed by atoms with E-state index in [1.165, 1.54) is 0 Å². The Morgan fingerprint density at radius 1 is 1.44 bits per heavy atom. The summed E-state index contributed by atoms with van der Waals surface area (Å²) in [5.41, 5.74) is 3.46. The maximum absolute atomic E-state index is 12.9. The number of halogens is 1. The number of ether oxygens (including phenoxy) is 1. The van der Waals surface area contributed by atoms with Gasteiger partial charge >= 0.3 is 0 Å². The number of aromatic nitrogens is 3. The Bertz CT molecular complexity index is 1060. The number of furan rings is 1.